The average molecular weight is 526 g/mol. The number of rotatable bonds is 8. The number of carbonyl (C=O) groups excluding carboxylic acids is 1. The minimum Gasteiger partial charge on any atom is -0.468 e. The fourth-order valence-electron chi connectivity index (χ4n) is 4.34. The predicted octanol–water partition coefficient (Wildman–Crippen LogP) is 3.61. The van der Waals surface area contributed by atoms with E-state index in [2.05, 4.69) is 24.2 Å². The summed E-state index contributed by atoms with van der Waals surface area (Å²) in [6, 6.07) is 3.34. The van der Waals surface area contributed by atoms with Crippen molar-refractivity contribution in [1.29, 1.82) is 0 Å². The van der Waals surface area contributed by atoms with Gasteiger partial charge in [-0.05, 0) is 49.7 Å². The van der Waals surface area contributed by atoms with E-state index in [0.29, 0.717) is 23.9 Å². The maximum Gasteiger partial charge on any atom is 0.422 e. The summed E-state index contributed by atoms with van der Waals surface area (Å²) in [6.45, 7) is 3.56. The summed E-state index contributed by atoms with van der Waals surface area (Å²) in [7, 11) is 0. The molecule has 0 aromatic carbocycles. The molecule has 2 aromatic heterocycles. The topological polar surface area (TPSA) is 89.8 Å². The van der Waals surface area contributed by atoms with Gasteiger partial charge in [0.05, 0.1) is 19.1 Å². The average Bonchev–Trinajstić information content (AvgIpc) is 3.14. The molecule has 1 unspecified atom stereocenters. The summed E-state index contributed by atoms with van der Waals surface area (Å²) in [5.41, 5.74) is 1.87. The Morgan fingerprint density at radius 1 is 1.28 bits per heavy atom. The number of aliphatic imine (C=N–C) groups is 1. The first kappa shape index (κ1) is 26.6. The Bertz CT molecular complexity index is 1050. The van der Waals surface area contributed by atoms with Gasteiger partial charge in [-0.15, -0.1) is 0 Å². The zero-order valence-electron chi connectivity index (χ0n) is 20.2. The van der Waals surface area contributed by atoms with Gasteiger partial charge in [0.2, 0.25) is 5.88 Å². The lowest BCUT2D eigenvalue weighted by atomic mass is 9.98. The van der Waals surface area contributed by atoms with Crippen molar-refractivity contribution in [2.45, 2.75) is 57.7 Å². The van der Waals surface area contributed by atoms with Crippen LogP contribution in [0.4, 0.5) is 13.2 Å². The Labute approximate surface area is 212 Å². The molecule has 0 spiro atoms. The maximum absolute atomic E-state index is 12.4. The molecular formula is C24H30F3N5O3S. The van der Waals surface area contributed by atoms with E-state index in [-0.39, 0.29) is 30.2 Å². The number of hydrogen-bond donors (Lipinski definition) is 0. The number of nitrogens with zero attached hydrogens (tertiary/aromatic N) is 5. The number of ether oxygens (including phenoxy) is 2. The quantitative estimate of drug-likeness (QED) is 0.487. The van der Waals surface area contributed by atoms with E-state index in [4.69, 9.17) is 9.47 Å². The van der Waals surface area contributed by atoms with Crippen LogP contribution in [0.1, 0.15) is 41.4 Å². The van der Waals surface area contributed by atoms with E-state index in [1.807, 2.05) is 6.07 Å². The highest BCUT2D eigenvalue weighted by atomic mass is 32.1. The maximum atomic E-state index is 12.4. The first-order valence-corrected chi connectivity index (χ1v) is 12.9. The summed E-state index contributed by atoms with van der Waals surface area (Å²) in [4.78, 5) is 27.0. The van der Waals surface area contributed by atoms with Gasteiger partial charge in [0, 0.05) is 49.9 Å². The van der Waals surface area contributed by atoms with Crippen molar-refractivity contribution in [2.75, 3.05) is 32.8 Å². The molecule has 0 bridgehead atoms. The molecule has 8 nitrogen and oxygen atoms in total. The highest BCUT2D eigenvalue weighted by Crippen LogP contribution is 2.23. The molecule has 196 valence electrons. The second-order valence-electron chi connectivity index (χ2n) is 9.17. The third-order valence-electron chi connectivity index (χ3n) is 6.26. The number of hydrogen-bond acceptors (Lipinski definition) is 8. The third-order valence-corrected chi connectivity index (χ3v) is 7.06. The summed E-state index contributed by atoms with van der Waals surface area (Å²) in [6.07, 6.45) is 1.89. The molecule has 12 heteroatoms. The second-order valence-corrected chi connectivity index (χ2v) is 10.0. The molecule has 2 aliphatic heterocycles. The molecule has 4 heterocycles. The van der Waals surface area contributed by atoms with Gasteiger partial charge in [0.25, 0.3) is 5.91 Å². The van der Waals surface area contributed by atoms with Gasteiger partial charge < -0.3 is 14.4 Å². The molecule has 2 atom stereocenters. The van der Waals surface area contributed by atoms with Crippen LogP contribution in [-0.4, -0.2) is 76.5 Å². The Hall–Kier alpha value is -2.44. The van der Waals surface area contributed by atoms with E-state index in [0.717, 1.165) is 56.6 Å². The van der Waals surface area contributed by atoms with Crippen LogP contribution in [0.2, 0.25) is 0 Å². The van der Waals surface area contributed by atoms with Crippen LogP contribution >= 0.6 is 11.5 Å². The predicted molar refractivity (Wildman–Crippen MR) is 129 cm³/mol. The van der Waals surface area contributed by atoms with E-state index < -0.39 is 12.8 Å². The van der Waals surface area contributed by atoms with Gasteiger partial charge >= 0.3 is 6.18 Å². The highest BCUT2D eigenvalue weighted by molar-refractivity contribution is 7.05. The number of aromatic nitrogens is 3. The zero-order chi connectivity index (χ0) is 25.5. The fraction of sp³-hybridized carbons (Fsp3) is 0.625. The molecule has 1 amide bonds. The monoisotopic (exact) mass is 525 g/mol. The van der Waals surface area contributed by atoms with Crippen LogP contribution in [0.3, 0.4) is 0 Å². The standard InChI is InChI=1S/C24H30F3N5O3S/c1-16-29-23(36-31-16)12-21(33)28-13-17-2-4-19(34-14-17)7-10-32-9-6-18-3-5-22(30-20(18)8-11-32)35-15-24(25,26)27/h3,5,13,17,19H,2,4,6-12,14-15H2,1H3/t17?,19-/m1/s1. The zero-order valence-corrected chi connectivity index (χ0v) is 21.0. The Morgan fingerprint density at radius 2 is 2.11 bits per heavy atom. The number of halogens is 3. The minimum absolute atomic E-state index is 0.0187. The molecule has 0 N–H and O–H groups in total. The SMILES string of the molecule is Cc1nsc(CC(=O)N=CC2CC[C@H](CCN3CCc4ccc(OCC(F)(F)F)nc4CC3)OC2)n1. The van der Waals surface area contributed by atoms with Gasteiger partial charge in [-0.1, -0.05) is 6.07 Å². The molecule has 0 aliphatic carbocycles. The molecule has 0 saturated carbocycles. The van der Waals surface area contributed by atoms with Crippen molar-refractivity contribution < 1.29 is 27.4 Å². The van der Waals surface area contributed by atoms with Crippen LogP contribution in [0.15, 0.2) is 17.1 Å². The summed E-state index contributed by atoms with van der Waals surface area (Å²) in [5, 5.41) is 0.678. The number of amides is 1. The van der Waals surface area contributed by atoms with Gasteiger partial charge in [0.1, 0.15) is 10.8 Å². The molecule has 4 rings (SSSR count). The Balaban J connectivity index is 1.16. The lowest BCUT2D eigenvalue weighted by molar-refractivity contribution is -0.154. The molecule has 2 aromatic rings. The van der Waals surface area contributed by atoms with Crippen LogP contribution in [0.25, 0.3) is 0 Å². The van der Waals surface area contributed by atoms with Gasteiger partial charge in [-0.25, -0.2) is 15.0 Å². The minimum atomic E-state index is -4.38. The lowest BCUT2D eigenvalue weighted by Gasteiger charge is -2.29. The normalized spacial score (nSPS) is 21.3. The molecular weight excluding hydrogens is 495 g/mol. The molecule has 2 aliphatic rings. The van der Waals surface area contributed by atoms with Crippen LogP contribution < -0.4 is 4.74 Å². The fourth-order valence-corrected chi connectivity index (χ4v) is 4.98. The largest absolute Gasteiger partial charge is 0.468 e. The first-order valence-electron chi connectivity index (χ1n) is 12.1. The highest BCUT2D eigenvalue weighted by Gasteiger charge is 2.29. The van der Waals surface area contributed by atoms with E-state index in [1.54, 1.807) is 13.1 Å². The van der Waals surface area contributed by atoms with Crippen molar-refractivity contribution >= 4 is 23.7 Å². The van der Waals surface area contributed by atoms with E-state index in [1.165, 1.54) is 17.6 Å². The molecule has 0 radical (unpaired) electrons. The molecule has 1 fully saturated rings. The van der Waals surface area contributed by atoms with E-state index >= 15 is 0 Å². The first-order chi connectivity index (χ1) is 17.2. The Kier molecular flexibility index (Phi) is 9.02. The summed E-state index contributed by atoms with van der Waals surface area (Å²) in [5.74, 6) is 0.603. The van der Waals surface area contributed by atoms with Crippen molar-refractivity contribution in [2.24, 2.45) is 10.9 Å². The number of pyridine rings is 1. The van der Waals surface area contributed by atoms with Crippen molar-refractivity contribution in [3.8, 4) is 5.88 Å². The second kappa shape index (κ2) is 12.2. The summed E-state index contributed by atoms with van der Waals surface area (Å²) < 4.78 is 52.1. The number of aryl methyl sites for hydroxylation is 1. The number of carbonyl (C=O) groups is 1. The molecule has 36 heavy (non-hydrogen) atoms. The van der Waals surface area contributed by atoms with Crippen LogP contribution in [0.5, 0.6) is 5.88 Å². The lowest BCUT2D eigenvalue weighted by Crippen LogP contribution is -2.33. The summed E-state index contributed by atoms with van der Waals surface area (Å²) >= 11 is 1.23. The van der Waals surface area contributed by atoms with Gasteiger partial charge in [0.15, 0.2) is 6.61 Å². The van der Waals surface area contributed by atoms with Gasteiger partial charge in [-0.3, -0.25) is 4.79 Å². The third kappa shape index (κ3) is 8.31. The number of fused-ring (bicyclic) bond motifs is 1. The van der Waals surface area contributed by atoms with E-state index in [9.17, 15) is 18.0 Å². The van der Waals surface area contributed by atoms with Crippen LogP contribution in [0, 0.1) is 12.8 Å². The van der Waals surface area contributed by atoms with Crippen molar-refractivity contribution in [1.82, 2.24) is 19.2 Å². The van der Waals surface area contributed by atoms with Crippen molar-refractivity contribution in [3.05, 3.63) is 34.2 Å². The Morgan fingerprint density at radius 3 is 2.83 bits per heavy atom. The van der Waals surface area contributed by atoms with Crippen LogP contribution in [-0.2, 0) is 28.8 Å². The van der Waals surface area contributed by atoms with Crippen molar-refractivity contribution in [3.63, 3.8) is 0 Å². The smallest absolute Gasteiger partial charge is 0.422 e. The van der Waals surface area contributed by atoms with Gasteiger partial charge in [-0.2, -0.15) is 17.5 Å². The molecule has 1 saturated heterocycles. The number of alkyl halides is 3.